The van der Waals surface area contributed by atoms with Crippen LogP contribution in [0.25, 0.3) is 0 Å². The van der Waals surface area contributed by atoms with Gasteiger partial charge in [-0.25, -0.2) is 14.1 Å². The van der Waals surface area contributed by atoms with E-state index < -0.39 is 42.6 Å². The Bertz CT molecular complexity index is 1740. The highest BCUT2D eigenvalue weighted by Gasteiger charge is 2.42. The summed E-state index contributed by atoms with van der Waals surface area (Å²) < 4.78 is 38.2. The van der Waals surface area contributed by atoms with E-state index in [2.05, 4.69) is 22.5 Å². The Kier molecular flexibility index (Phi) is 10.7. The minimum Gasteiger partial charge on any atom is -0.462 e. The first-order valence-corrected chi connectivity index (χ1v) is 17.5. The number of carbonyl (C=O) groups is 1. The quantitative estimate of drug-likeness (QED) is 0.123. The first-order chi connectivity index (χ1) is 22.1. The van der Waals surface area contributed by atoms with Crippen LogP contribution in [0.15, 0.2) is 28.0 Å². The van der Waals surface area contributed by atoms with Gasteiger partial charge in [0.25, 0.3) is 16.8 Å². The van der Waals surface area contributed by atoms with Crippen LogP contribution in [-0.4, -0.2) is 57.7 Å². The zero-order valence-electron chi connectivity index (χ0n) is 29.8. The molecule has 1 aliphatic rings. The van der Waals surface area contributed by atoms with Crippen molar-refractivity contribution in [3.05, 3.63) is 55.9 Å². The van der Waals surface area contributed by atoms with Crippen molar-refractivity contribution in [1.29, 1.82) is 0 Å². The number of anilines is 3. The third-order valence-corrected chi connectivity index (χ3v) is 9.89. The molecule has 15 heteroatoms. The van der Waals surface area contributed by atoms with Gasteiger partial charge in [0, 0.05) is 33.5 Å². The maximum absolute atomic E-state index is 13.6. The van der Waals surface area contributed by atoms with Gasteiger partial charge in [0.15, 0.2) is 11.4 Å². The van der Waals surface area contributed by atoms with Crippen LogP contribution in [0.1, 0.15) is 102 Å². The van der Waals surface area contributed by atoms with Gasteiger partial charge in [-0.05, 0) is 78.4 Å². The van der Waals surface area contributed by atoms with Crippen molar-refractivity contribution in [3.63, 3.8) is 0 Å². The Morgan fingerprint density at radius 1 is 1.06 bits per heavy atom. The normalized spacial score (nSPS) is 15.8. The van der Waals surface area contributed by atoms with Crippen LogP contribution in [0.3, 0.4) is 0 Å². The first kappa shape index (κ1) is 37.2. The highest BCUT2D eigenvalue weighted by Crippen LogP contribution is 2.55. The van der Waals surface area contributed by atoms with Crippen molar-refractivity contribution >= 4 is 30.8 Å². The van der Waals surface area contributed by atoms with Gasteiger partial charge in [0.2, 0.25) is 6.79 Å². The Balaban J connectivity index is 1.69. The number of phosphoric ester groups is 1. The van der Waals surface area contributed by atoms with Gasteiger partial charge in [0.05, 0.1) is 28.6 Å². The van der Waals surface area contributed by atoms with Gasteiger partial charge in [0.1, 0.15) is 11.4 Å². The molecule has 1 amide bonds. The average molecular weight is 689 g/mol. The lowest BCUT2D eigenvalue weighted by Crippen LogP contribution is -2.40. The highest BCUT2D eigenvalue weighted by molar-refractivity contribution is 7.48. The molecule has 1 aliphatic carbocycles. The Labute approximate surface area is 281 Å². The van der Waals surface area contributed by atoms with Crippen molar-refractivity contribution in [3.8, 4) is 5.75 Å². The predicted molar refractivity (Wildman–Crippen MR) is 184 cm³/mol. The largest absolute Gasteiger partial charge is 0.478 e. The summed E-state index contributed by atoms with van der Waals surface area (Å²) in [6.45, 7) is 13.7. The smallest absolute Gasteiger partial charge is 0.462 e. The molecular weight excluding hydrogens is 639 g/mol. The number of rotatable bonds is 13. The highest BCUT2D eigenvalue weighted by atomic mass is 31.2. The molecule has 1 saturated carbocycles. The van der Waals surface area contributed by atoms with Gasteiger partial charge in [-0.15, -0.1) is 0 Å². The number of nitrogens with one attached hydrogen (secondary N) is 2. The molecule has 0 saturated heterocycles. The molecule has 0 aliphatic heterocycles. The maximum atomic E-state index is 13.6. The zero-order chi connectivity index (χ0) is 35.8. The molecule has 264 valence electrons. The summed E-state index contributed by atoms with van der Waals surface area (Å²) in [5, 5.41) is 11.1. The molecule has 2 aromatic heterocycles. The molecule has 0 spiro atoms. The fraction of sp³-hybridized carbons (Fsp3) is 0.606. The number of phosphoric acid groups is 1. The maximum Gasteiger partial charge on any atom is 0.478 e. The van der Waals surface area contributed by atoms with Crippen LogP contribution in [0.2, 0.25) is 0 Å². The second-order valence-electron chi connectivity index (χ2n) is 14.8. The number of aryl methyl sites for hydroxylation is 2. The van der Waals surface area contributed by atoms with E-state index in [4.69, 9.17) is 23.4 Å². The Morgan fingerprint density at radius 3 is 2.17 bits per heavy atom. The lowest BCUT2D eigenvalue weighted by Gasteiger charge is -2.35. The second-order valence-corrected chi connectivity index (χ2v) is 16.3. The molecule has 1 atom stereocenters. The second kappa shape index (κ2) is 13.7. The number of aromatic nitrogens is 3. The van der Waals surface area contributed by atoms with Crippen molar-refractivity contribution < 1.29 is 27.7 Å². The number of hydrogen-bond acceptors (Lipinski definition) is 12. The van der Waals surface area contributed by atoms with Gasteiger partial charge < -0.3 is 20.3 Å². The summed E-state index contributed by atoms with van der Waals surface area (Å²) in [6.07, 6.45) is 7.26. The van der Waals surface area contributed by atoms with E-state index in [9.17, 15) is 18.9 Å². The zero-order valence-corrected chi connectivity index (χ0v) is 30.7. The number of carbonyl (C=O) groups excluding carboxylic acids is 1. The van der Waals surface area contributed by atoms with E-state index in [0.717, 1.165) is 36.9 Å². The standard InChI is InChI=1S/C33H49N6O8P/c1-20-18-39(11)37-22(20)29(33(8)15-12-13-16-33)36-24-23(26(40)27(24)41)35-21-14-17-34-25(30(42)38(9)10)28(21)44-19-45-48(43,46-31(2,3)4)47-32(5,6)7/h14,17-18,29,36H,12-13,15-16,19H2,1-11H3,(H,34,35). The Morgan fingerprint density at radius 2 is 1.65 bits per heavy atom. The molecule has 14 nitrogen and oxygen atoms in total. The molecule has 1 unspecified atom stereocenters. The van der Waals surface area contributed by atoms with E-state index in [0.29, 0.717) is 0 Å². The summed E-state index contributed by atoms with van der Waals surface area (Å²) in [7, 11) is 0.774. The molecule has 3 aromatic rings. The van der Waals surface area contributed by atoms with E-state index in [-0.39, 0.29) is 40.0 Å². The van der Waals surface area contributed by atoms with Crippen molar-refractivity contribution in [2.75, 3.05) is 31.5 Å². The number of hydrogen-bond donors (Lipinski definition) is 2. The minimum absolute atomic E-state index is 0.0122. The molecule has 48 heavy (non-hydrogen) atoms. The molecule has 1 aromatic carbocycles. The van der Waals surface area contributed by atoms with Crippen molar-refractivity contribution in [2.45, 2.75) is 98.3 Å². The molecule has 2 N–H and O–H groups in total. The van der Waals surface area contributed by atoms with Crippen molar-refractivity contribution in [1.82, 2.24) is 19.7 Å². The van der Waals surface area contributed by atoms with Crippen LogP contribution in [0, 0.1) is 12.3 Å². The lowest BCUT2D eigenvalue weighted by atomic mass is 9.78. The van der Waals surface area contributed by atoms with Gasteiger partial charge in [-0.2, -0.15) is 5.10 Å². The summed E-state index contributed by atoms with van der Waals surface area (Å²) in [5.41, 5.74) is -1.41. The van der Waals surface area contributed by atoms with E-state index >= 15 is 0 Å². The monoisotopic (exact) mass is 688 g/mol. The summed E-state index contributed by atoms with van der Waals surface area (Å²) in [4.78, 5) is 44.8. The van der Waals surface area contributed by atoms with E-state index in [1.165, 1.54) is 17.2 Å². The van der Waals surface area contributed by atoms with Crippen molar-refractivity contribution in [2.24, 2.45) is 12.5 Å². The Hall–Kier alpha value is -3.58. The van der Waals surface area contributed by atoms with Gasteiger partial charge in [-0.3, -0.25) is 28.1 Å². The van der Waals surface area contributed by atoms with Gasteiger partial charge in [-0.1, -0.05) is 19.8 Å². The van der Waals surface area contributed by atoms with Gasteiger partial charge >= 0.3 is 7.82 Å². The first-order valence-electron chi connectivity index (χ1n) is 16.0. The van der Waals surface area contributed by atoms with E-state index in [1.54, 1.807) is 60.3 Å². The molecule has 0 bridgehead atoms. The van der Waals surface area contributed by atoms with Crippen LogP contribution >= 0.6 is 7.82 Å². The third-order valence-electron chi connectivity index (χ3n) is 7.92. The van der Waals surface area contributed by atoms with Crippen LogP contribution in [0.5, 0.6) is 5.75 Å². The average Bonchev–Trinajstić information content (AvgIpc) is 3.54. The minimum atomic E-state index is -4.17. The molecule has 4 rings (SSSR count). The molecule has 0 radical (unpaired) electrons. The van der Waals surface area contributed by atoms with Crippen LogP contribution in [-0.2, 0) is 25.2 Å². The fourth-order valence-electron chi connectivity index (χ4n) is 5.83. The molecular formula is C33H49N6O8P. The van der Waals surface area contributed by atoms with E-state index in [1.807, 2.05) is 20.2 Å². The number of ether oxygens (including phenoxy) is 1. The fourth-order valence-corrected chi connectivity index (χ4v) is 7.50. The lowest BCUT2D eigenvalue weighted by molar-refractivity contribution is -0.0189. The molecule has 2 heterocycles. The summed E-state index contributed by atoms with van der Waals surface area (Å²) in [5.74, 6) is -0.593. The SMILES string of the molecule is Cc1cn(C)nc1C(Nc1c(Nc2ccnc(C(=O)N(C)C)c2OCOP(=O)(OC(C)(C)C)OC(C)(C)C)c(=O)c1=O)C1(C)CCCC1. The van der Waals surface area contributed by atoms with Crippen LogP contribution in [0.4, 0.5) is 17.1 Å². The third kappa shape index (κ3) is 8.52. The number of amides is 1. The predicted octanol–water partition coefficient (Wildman–Crippen LogP) is 5.99. The summed E-state index contributed by atoms with van der Waals surface area (Å²) in [6, 6.07) is 1.16. The number of pyridine rings is 1. The number of nitrogens with zero attached hydrogens (tertiary/aromatic N) is 4. The van der Waals surface area contributed by atoms with Crippen LogP contribution < -0.4 is 26.2 Å². The topological polar surface area (TPSA) is 163 Å². The molecule has 1 fully saturated rings. The summed E-state index contributed by atoms with van der Waals surface area (Å²) >= 11 is 0.